The van der Waals surface area contributed by atoms with Crippen molar-refractivity contribution in [1.29, 1.82) is 5.26 Å². The molecule has 3 atom stereocenters. The number of hydrogen-bond donors (Lipinski definition) is 1. The second kappa shape index (κ2) is 5.13. The van der Waals surface area contributed by atoms with Gasteiger partial charge in [0.25, 0.3) is 0 Å². The monoisotopic (exact) mass is 318 g/mol. The zero-order valence-electron chi connectivity index (χ0n) is 13.7. The van der Waals surface area contributed by atoms with Crippen molar-refractivity contribution in [2.45, 2.75) is 32.1 Å². The van der Waals surface area contributed by atoms with Crippen LogP contribution < -0.4 is 0 Å². The summed E-state index contributed by atoms with van der Waals surface area (Å²) in [5.74, 6) is 0.000355. The molecule has 1 N–H and O–H groups in total. The smallest absolute Gasteiger partial charge is 0.176 e. The topological polar surface area (TPSA) is 82.4 Å². The lowest BCUT2D eigenvalue weighted by Crippen LogP contribution is -2.45. The van der Waals surface area contributed by atoms with Gasteiger partial charge < -0.3 is 0 Å². The van der Waals surface area contributed by atoms with Crippen molar-refractivity contribution in [3.63, 3.8) is 0 Å². The van der Waals surface area contributed by atoms with Crippen molar-refractivity contribution in [1.82, 2.24) is 15.2 Å². The molecule has 2 heterocycles. The first-order valence-corrected chi connectivity index (χ1v) is 8.21. The number of nitriles is 1. The number of pyridine rings is 1. The Morgan fingerprint density at radius 3 is 2.83 bits per heavy atom. The number of carbonyl (C=O) groups is 1. The van der Waals surface area contributed by atoms with E-state index < -0.39 is 0 Å². The number of ketones is 1. The Morgan fingerprint density at radius 2 is 2.12 bits per heavy atom. The Hall–Kier alpha value is -2.74. The minimum Gasteiger partial charge on any atom is -0.293 e. The van der Waals surface area contributed by atoms with Gasteiger partial charge in [-0.1, -0.05) is 19.9 Å². The summed E-state index contributed by atoms with van der Waals surface area (Å²) in [6, 6.07) is 6.01. The molecule has 0 fully saturated rings. The summed E-state index contributed by atoms with van der Waals surface area (Å²) in [6.07, 6.45) is 7.19. The number of fused-ring (bicyclic) bond motifs is 3. The summed E-state index contributed by atoms with van der Waals surface area (Å²) in [5.41, 5.74) is 4.12. The van der Waals surface area contributed by atoms with Gasteiger partial charge in [-0.2, -0.15) is 10.4 Å². The van der Waals surface area contributed by atoms with Gasteiger partial charge in [0.05, 0.1) is 17.0 Å². The Kier molecular flexibility index (Phi) is 3.17. The van der Waals surface area contributed by atoms with E-state index in [0.717, 1.165) is 29.8 Å². The van der Waals surface area contributed by atoms with Gasteiger partial charge in [-0.15, -0.1) is 0 Å². The molecule has 0 radical (unpaired) electrons. The normalized spacial score (nSPS) is 28.5. The van der Waals surface area contributed by atoms with E-state index in [1.807, 2.05) is 25.1 Å². The molecule has 5 heteroatoms. The first kappa shape index (κ1) is 14.8. The molecule has 0 saturated heterocycles. The second-order valence-electron chi connectivity index (χ2n) is 6.91. The maximum Gasteiger partial charge on any atom is 0.176 e. The lowest BCUT2D eigenvalue weighted by molar-refractivity contribution is -0.121. The van der Waals surface area contributed by atoms with Gasteiger partial charge in [-0.25, -0.2) is 0 Å². The van der Waals surface area contributed by atoms with Crippen molar-refractivity contribution in [2.75, 3.05) is 0 Å². The first-order chi connectivity index (χ1) is 11.6. The van der Waals surface area contributed by atoms with Crippen LogP contribution in [0.15, 0.2) is 36.2 Å². The molecular formula is C19H18N4O. The molecular weight excluding hydrogens is 300 g/mol. The SMILES string of the molecule is C[C@@H]1C(=O)C(C#N)=C[C@]2(C)c3n[nH]c(-c4ccncc4)c3CC[C@@H]12. The van der Waals surface area contributed by atoms with Crippen molar-refractivity contribution < 1.29 is 4.79 Å². The molecule has 2 aliphatic rings. The first-order valence-electron chi connectivity index (χ1n) is 8.21. The van der Waals surface area contributed by atoms with Gasteiger partial charge in [0.1, 0.15) is 6.07 Å². The molecule has 5 nitrogen and oxygen atoms in total. The van der Waals surface area contributed by atoms with Gasteiger partial charge in [0, 0.05) is 34.9 Å². The van der Waals surface area contributed by atoms with Crippen molar-refractivity contribution in [3.05, 3.63) is 47.4 Å². The van der Waals surface area contributed by atoms with Crippen molar-refractivity contribution in [2.24, 2.45) is 11.8 Å². The molecule has 120 valence electrons. The molecule has 0 amide bonds. The number of aromatic amines is 1. The Labute approximate surface area is 140 Å². The van der Waals surface area contributed by atoms with Crippen LogP contribution in [-0.2, 0) is 16.6 Å². The molecule has 0 aromatic carbocycles. The standard InChI is InChI=1S/C19H18N4O/c1-11-15-4-3-14-16(12-5-7-21-8-6-12)22-23-18(14)19(15,2)9-13(10-20)17(11)24/h5-9,11,15H,3-4H2,1-2H3,(H,22,23)/t11-,15-,19-/m0/s1. The molecule has 0 aliphatic heterocycles. The number of nitrogens with zero attached hydrogens (tertiary/aromatic N) is 3. The van der Waals surface area contributed by atoms with E-state index >= 15 is 0 Å². The Morgan fingerprint density at radius 1 is 1.38 bits per heavy atom. The van der Waals surface area contributed by atoms with E-state index in [-0.39, 0.29) is 28.6 Å². The quantitative estimate of drug-likeness (QED) is 0.876. The summed E-state index contributed by atoms with van der Waals surface area (Å²) in [5, 5.41) is 17.1. The molecule has 4 rings (SSSR count). The molecule has 2 aromatic heterocycles. The lowest BCUT2D eigenvalue weighted by atomic mass is 9.58. The molecule has 0 saturated carbocycles. The van der Waals surface area contributed by atoms with Crippen LogP contribution in [0.4, 0.5) is 0 Å². The average Bonchev–Trinajstić information content (AvgIpc) is 3.04. The molecule has 0 bridgehead atoms. The number of carbonyl (C=O) groups excluding carboxylic acids is 1. The molecule has 24 heavy (non-hydrogen) atoms. The highest BCUT2D eigenvalue weighted by molar-refractivity contribution is 6.02. The third-order valence-corrected chi connectivity index (χ3v) is 5.67. The third kappa shape index (κ3) is 1.89. The van der Waals surface area contributed by atoms with Crippen LogP contribution in [0.25, 0.3) is 11.3 Å². The Bertz CT molecular complexity index is 890. The van der Waals surface area contributed by atoms with Crippen molar-refractivity contribution in [3.8, 4) is 17.3 Å². The van der Waals surface area contributed by atoms with Gasteiger partial charge in [-0.05, 0) is 30.9 Å². The maximum absolute atomic E-state index is 12.4. The summed E-state index contributed by atoms with van der Waals surface area (Å²) in [4.78, 5) is 16.4. The predicted molar refractivity (Wildman–Crippen MR) is 88.8 cm³/mol. The third-order valence-electron chi connectivity index (χ3n) is 5.67. The van der Waals surface area contributed by atoms with Gasteiger partial charge in [0.15, 0.2) is 5.78 Å². The van der Waals surface area contributed by atoms with Crippen LogP contribution in [0, 0.1) is 23.2 Å². The minimum absolute atomic E-state index is 0.0340. The highest BCUT2D eigenvalue weighted by atomic mass is 16.1. The summed E-state index contributed by atoms with van der Waals surface area (Å²) >= 11 is 0. The predicted octanol–water partition coefficient (Wildman–Crippen LogP) is 2.96. The van der Waals surface area contributed by atoms with E-state index in [1.165, 1.54) is 5.56 Å². The zero-order chi connectivity index (χ0) is 16.9. The molecule has 0 spiro atoms. The maximum atomic E-state index is 12.4. The van der Waals surface area contributed by atoms with E-state index in [4.69, 9.17) is 0 Å². The van der Waals surface area contributed by atoms with Crippen LogP contribution in [0.2, 0.25) is 0 Å². The number of H-pyrrole nitrogens is 1. The molecule has 2 aliphatic carbocycles. The van der Waals surface area contributed by atoms with Crippen LogP contribution >= 0.6 is 0 Å². The molecule has 2 aromatic rings. The summed E-state index contributed by atoms with van der Waals surface area (Å²) in [7, 11) is 0. The number of rotatable bonds is 1. The summed E-state index contributed by atoms with van der Waals surface area (Å²) < 4.78 is 0. The van der Waals surface area contributed by atoms with Crippen molar-refractivity contribution >= 4 is 5.78 Å². The second-order valence-corrected chi connectivity index (χ2v) is 6.91. The number of Topliss-reactive ketones (excluding diaryl/α,β-unsaturated/α-hetero) is 1. The summed E-state index contributed by atoms with van der Waals surface area (Å²) in [6.45, 7) is 4.05. The highest BCUT2D eigenvalue weighted by Crippen LogP contribution is 2.50. The highest BCUT2D eigenvalue weighted by Gasteiger charge is 2.49. The molecule has 0 unspecified atom stereocenters. The Balaban J connectivity index is 1.89. The largest absolute Gasteiger partial charge is 0.293 e. The fraction of sp³-hybridized carbons (Fsp3) is 0.368. The van der Waals surface area contributed by atoms with E-state index in [9.17, 15) is 10.1 Å². The lowest BCUT2D eigenvalue weighted by Gasteiger charge is -2.44. The van der Waals surface area contributed by atoms with Crippen LogP contribution in [0.5, 0.6) is 0 Å². The number of hydrogen-bond acceptors (Lipinski definition) is 4. The van der Waals surface area contributed by atoms with E-state index in [2.05, 4.69) is 28.2 Å². The van der Waals surface area contributed by atoms with E-state index in [0.29, 0.717) is 0 Å². The number of aromatic nitrogens is 3. The van der Waals surface area contributed by atoms with E-state index in [1.54, 1.807) is 12.4 Å². The zero-order valence-corrected chi connectivity index (χ0v) is 13.7. The van der Waals surface area contributed by atoms with Gasteiger partial charge >= 0.3 is 0 Å². The van der Waals surface area contributed by atoms with Crippen LogP contribution in [0.1, 0.15) is 31.5 Å². The van der Waals surface area contributed by atoms with Gasteiger partial charge in [-0.3, -0.25) is 14.9 Å². The van der Waals surface area contributed by atoms with Gasteiger partial charge in [0.2, 0.25) is 0 Å². The van der Waals surface area contributed by atoms with Crippen LogP contribution in [-0.4, -0.2) is 21.0 Å². The minimum atomic E-state index is -0.381. The fourth-order valence-corrected chi connectivity index (χ4v) is 4.42. The van der Waals surface area contributed by atoms with Crippen LogP contribution in [0.3, 0.4) is 0 Å². The average molecular weight is 318 g/mol. The number of nitrogens with one attached hydrogen (secondary N) is 1. The number of allylic oxidation sites excluding steroid dienone is 2. The fourth-order valence-electron chi connectivity index (χ4n) is 4.42.